The zero-order valence-corrected chi connectivity index (χ0v) is 12.5. The standard InChI is InChI=1S/C15H22N2S/c1-12(2)17-15(4,11-16)9-10-18-14-8-6-5-7-13(14)3/h5-8,12,17H,9-10H2,1-4H3. The van der Waals surface area contributed by atoms with E-state index in [1.165, 1.54) is 10.5 Å². The Bertz CT molecular complexity index is 423. The molecule has 1 N–H and O–H groups in total. The molecule has 0 aliphatic rings. The highest BCUT2D eigenvalue weighted by molar-refractivity contribution is 7.99. The lowest BCUT2D eigenvalue weighted by molar-refractivity contribution is 0.397. The first kappa shape index (κ1) is 15.1. The molecular formula is C15H22N2S. The summed E-state index contributed by atoms with van der Waals surface area (Å²) in [5, 5.41) is 12.6. The van der Waals surface area contributed by atoms with E-state index in [9.17, 15) is 5.26 Å². The summed E-state index contributed by atoms with van der Waals surface area (Å²) in [6, 6.07) is 11.1. The number of aryl methyl sites for hydroxylation is 1. The minimum absolute atomic E-state index is 0.332. The maximum atomic E-state index is 9.26. The van der Waals surface area contributed by atoms with Crippen molar-refractivity contribution < 1.29 is 0 Å². The summed E-state index contributed by atoms with van der Waals surface area (Å²) >= 11 is 1.83. The minimum Gasteiger partial charge on any atom is -0.297 e. The van der Waals surface area contributed by atoms with Gasteiger partial charge in [-0.25, -0.2) is 0 Å². The molecule has 0 aliphatic carbocycles. The van der Waals surface area contributed by atoms with Gasteiger partial charge in [-0.1, -0.05) is 18.2 Å². The minimum atomic E-state index is -0.427. The molecular weight excluding hydrogens is 240 g/mol. The average molecular weight is 262 g/mol. The first-order chi connectivity index (χ1) is 8.47. The number of nitrogens with zero attached hydrogens (tertiary/aromatic N) is 1. The van der Waals surface area contributed by atoms with Gasteiger partial charge in [-0.3, -0.25) is 5.32 Å². The summed E-state index contributed by atoms with van der Waals surface area (Å²) in [6.45, 7) is 8.25. The van der Waals surface area contributed by atoms with Crippen molar-refractivity contribution >= 4 is 11.8 Å². The van der Waals surface area contributed by atoms with Crippen LogP contribution in [0.1, 0.15) is 32.8 Å². The van der Waals surface area contributed by atoms with E-state index in [2.05, 4.69) is 56.4 Å². The van der Waals surface area contributed by atoms with Crippen LogP contribution in [0.25, 0.3) is 0 Å². The van der Waals surface area contributed by atoms with E-state index in [1.54, 1.807) is 0 Å². The van der Waals surface area contributed by atoms with Crippen molar-refractivity contribution in [2.75, 3.05) is 5.75 Å². The van der Waals surface area contributed by atoms with Gasteiger partial charge in [0.25, 0.3) is 0 Å². The van der Waals surface area contributed by atoms with Gasteiger partial charge in [-0.15, -0.1) is 11.8 Å². The lowest BCUT2D eigenvalue weighted by Crippen LogP contribution is -2.45. The maximum Gasteiger partial charge on any atom is 0.104 e. The Balaban J connectivity index is 2.50. The largest absolute Gasteiger partial charge is 0.297 e. The van der Waals surface area contributed by atoms with Crippen LogP contribution >= 0.6 is 11.8 Å². The lowest BCUT2D eigenvalue weighted by Gasteiger charge is -2.25. The Morgan fingerprint density at radius 1 is 1.39 bits per heavy atom. The van der Waals surface area contributed by atoms with Crippen molar-refractivity contribution in [1.82, 2.24) is 5.32 Å². The van der Waals surface area contributed by atoms with Crippen molar-refractivity contribution in [3.05, 3.63) is 29.8 Å². The van der Waals surface area contributed by atoms with Crippen LogP contribution in [0, 0.1) is 18.3 Å². The van der Waals surface area contributed by atoms with Crippen molar-refractivity contribution in [2.24, 2.45) is 0 Å². The molecule has 0 aliphatic heterocycles. The lowest BCUT2D eigenvalue weighted by atomic mass is 10.0. The monoisotopic (exact) mass is 262 g/mol. The SMILES string of the molecule is Cc1ccccc1SCCC(C)(C#N)NC(C)C. The van der Waals surface area contributed by atoms with Gasteiger partial charge in [-0.05, 0) is 45.7 Å². The maximum absolute atomic E-state index is 9.26. The highest BCUT2D eigenvalue weighted by Crippen LogP contribution is 2.24. The number of hydrogen-bond donors (Lipinski definition) is 1. The summed E-state index contributed by atoms with van der Waals surface area (Å²) in [6.07, 6.45) is 0.848. The molecule has 1 aromatic carbocycles. The molecule has 0 heterocycles. The van der Waals surface area contributed by atoms with Crippen molar-refractivity contribution in [3.8, 4) is 6.07 Å². The number of hydrogen-bond acceptors (Lipinski definition) is 3. The topological polar surface area (TPSA) is 35.8 Å². The second-order valence-electron chi connectivity index (χ2n) is 5.11. The van der Waals surface area contributed by atoms with Gasteiger partial charge in [0.05, 0.1) is 6.07 Å². The zero-order valence-electron chi connectivity index (χ0n) is 11.7. The van der Waals surface area contributed by atoms with Crippen molar-refractivity contribution in [1.29, 1.82) is 5.26 Å². The number of thioether (sulfide) groups is 1. The van der Waals surface area contributed by atoms with Crippen LogP contribution in [-0.2, 0) is 0 Å². The molecule has 3 heteroatoms. The summed E-state index contributed by atoms with van der Waals surface area (Å²) in [7, 11) is 0. The molecule has 18 heavy (non-hydrogen) atoms. The Kier molecular flexibility index (Phi) is 5.71. The molecule has 0 spiro atoms. The van der Waals surface area contributed by atoms with Crippen LogP contribution in [-0.4, -0.2) is 17.3 Å². The smallest absolute Gasteiger partial charge is 0.104 e. The second kappa shape index (κ2) is 6.82. The van der Waals surface area contributed by atoms with E-state index >= 15 is 0 Å². The Morgan fingerprint density at radius 2 is 2.06 bits per heavy atom. The summed E-state index contributed by atoms with van der Waals surface area (Å²) in [5.74, 6) is 0.953. The summed E-state index contributed by atoms with van der Waals surface area (Å²) < 4.78 is 0. The molecule has 1 unspecified atom stereocenters. The van der Waals surface area contributed by atoms with Gasteiger partial charge in [0.2, 0.25) is 0 Å². The van der Waals surface area contributed by atoms with Crippen LogP contribution in [0.5, 0.6) is 0 Å². The van der Waals surface area contributed by atoms with E-state index in [0.29, 0.717) is 6.04 Å². The Hall–Kier alpha value is -0.980. The molecule has 1 atom stereocenters. The molecule has 0 fully saturated rings. The number of benzene rings is 1. The first-order valence-electron chi connectivity index (χ1n) is 6.34. The molecule has 98 valence electrons. The molecule has 2 nitrogen and oxygen atoms in total. The third kappa shape index (κ3) is 4.72. The van der Waals surface area contributed by atoms with Crippen LogP contribution in [0.15, 0.2) is 29.2 Å². The van der Waals surface area contributed by atoms with Crippen LogP contribution in [0.4, 0.5) is 0 Å². The molecule has 0 saturated carbocycles. The van der Waals surface area contributed by atoms with Gasteiger partial charge in [0, 0.05) is 16.7 Å². The molecule has 1 aromatic rings. The van der Waals surface area contributed by atoms with E-state index in [1.807, 2.05) is 18.7 Å². The Morgan fingerprint density at radius 3 is 2.61 bits per heavy atom. The van der Waals surface area contributed by atoms with E-state index in [4.69, 9.17) is 0 Å². The van der Waals surface area contributed by atoms with Crippen molar-refractivity contribution in [2.45, 2.75) is 50.6 Å². The number of nitriles is 1. The van der Waals surface area contributed by atoms with Gasteiger partial charge < -0.3 is 0 Å². The third-order valence-electron chi connectivity index (χ3n) is 2.81. The predicted octanol–water partition coefficient (Wildman–Crippen LogP) is 3.76. The number of nitrogens with one attached hydrogen (secondary N) is 1. The molecule has 0 radical (unpaired) electrons. The van der Waals surface area contributed by atoms with Gasteiger partial charge in [0.1, 0.15) is 5.54 Å². The van der Waals surface area contributed by atoms with Crippen molar-refractivity contribution in [3.63, 3.8) is 0 Å². The van der Waals surface area contributed by atoms with Gasteiger partial charge in [-0.2, -0.15) is 5.26 Å². The normalized spacial score (nSPS) is 14.2. The summed E-state index contributed by atoms with van der Waals surface area (Å²) in [4.78, 5) is 1.31. The molecule has 0 aromatic heterocycles. The third-order valence-corrected chi connectivity index (χ3v) is 3.98. The first-order valence-corrected chi connectivity index (χ1v) is 7.33. The fourth-order valence-electron chi connectivity index (χ4n) is 1.88. The van der Waals surface area contributed by atoms with Crippen LogP contribution in [0.2, 0.25) is 0 Å². The van der Waals surface area contributed by atoms with Crippen LogP contribution < -0.4 is 5.32 Å². The molecule has 0 bridgehead atoms. The predicted molar refractivity (Wildman–Crippen MR) is 78.8 cm³/mol. The van der Waals surface area contributed by atoms with E-state index in [0.717, 1.165) is 12.2 Å². The Labute approximate surface area is 115 Å². The van der Waals surface area contributed by atoms with E-state index < -0.39 is 5.54 Å². The van der Waals surface area contributed by atoms with Gasteiger partial charge >= 0.3 is 0 Å². The van der Waals surface area contributed by atoms with E-state index in [-0.39, 0.29) is 0 Å². The fraction of sp³-hybridized carbons (Fsp3) is 0.533. The second-order valence-corrected chi connectivity index (χ2v) is 6.24. The average Bonchev–Trinajstić information content (AvgIpc) is 2.31. The molecule has 1 rings (SSSR count). The zero-order chi connectivity index (χ0) is 13.6. The van der Waals surface area contributed by atoms with Crippen LogP contribution in [0.3, 0.4) is 0 Å². The highest BCUT2D eigenvalue weighted by Gasteiger charge is 2.23. The quantitative estimate of drug-likeness (QED) is 0.793. The molecule has 0 amide bonds. The molecule has 0 saturated heterocycles. The summed E-state index contributed by atoms with van der Waals surface area (Å²) in [5.41, 5.74) is 0.877. The fourth-order valence-corrected chi connectivity index (χ4v) is 3.08. The van der Waals surface area contributed by atoms with Gasteiger partial charge in [0.15, 0.2) is 0 Å². The highest BCUT2D eigenvalue weighted by atomic mass is 32.2. The number of rotatable bonds is 6.